The van der Waals surface area contributed by atoms with Crippen molar-refractivity contribution in [2.45, 2.75) is 25.8 Å². The molecule has 1 aliphatic heterocycles. The lowest BCUT2D eigenvalue weighted by atomic mass is 9.89. The second kappa shape index (κ2) is 6.55. The summed E-state index contributed by atoms with van der Waals surface area (Å²) >= 11 is 0. The Morgan fingerprint density at radius 2 is 2.19 bits per heavy atom. The molecule has 2 aromatic rings. The van der Waals surface area contributed by atoms with Gasteiger partial charge in [-0.15, -0.1) is 0 Å². The molecule has 0 radical (unpaired) electrons. The van der Waals surface area contributed by atoms with Crippen LogP contribution in [0, 0.1) is 5.82 Å². The molecule has 0 aliphatic carbocycles. The van der Waals surface area contributed by atoms with Gasteiger partial charge < -0.3 is 15.5 Å². The van der Waals surface area contributed by atoms with Gasteiger partial charge in [-0.3, -0.25) is 9.59 Å². The summed E-state index contributed by atoms with van der Waals surface area (Å²) in [5.41, 5.74) is 5.24. The fourth-order valence-electron chi connectivity index (χ4n) is 2.85. The molecular formula is C18H17FN4O3. The third-order valence-electron chi connectivity index (χ3n) is 3.99. The summed E-state index contributed by atoms with van der Waals surface area (Å²) in [5.74, 6) is -0.252. The Balaban J connectivity index is 1.93. The van der Waals surface area contributed by atoms with Crippen molar-refractivity contribution in [1.29, 1.82) is 0 Å². The summed E-state index contributed by atoms with van der Waals surface area (Å²) in [6, 6.07) is 4.33. The van der Waals surface area contributed by atoms with Gasteiger partial charge >= 0.3 is 0 Å². The molecule has 0 spiro atoms. The van der Waals surface area contributed by atoms with Gasteiger partial charge in [0.05, 0.1) is 6.20 Å². The third kappa shape index (κ3) is 3.53. The van der Waals surface area contributed by atoms with E-state index in [4.69, 9.17) is 10.5 Å². The zero-order valence-electron chi connectivity index (χ0n) is 14.2. The fourth-order valence-corrected chi connectivity index (χ4v) is 2.85. The molecule has 2 heterocycles. The predicted octanol–water partition coefficient (Wildman–Crippen LogP) is 1.80. The molecule has 134 valence electrons. The Labute approximate surface area is 148 Å². The Kier molecular flexibility index (Phi) is 4.41. The minimum atomic E-state index is -1.04. The quantitative estimate of drug-likeness (QED) is 0.812. The van der Waals surface area contributed by atoms with Gasteiger partial charge in [0, 0.05) is 18.2 Å². The molecular weight excluding hydrogens is 339 g/mol. The first-order chi connectivity index (χ1) is 12.3. The molecule has 1 aliphatic rings. The largest absolute Gasteiger partial charge is 0.431 e. The number of hydrogen-bond acceptors (Lipinski definition) is 6. The number of benzene rings is 1. The van der Waals surface area contributed by atoms with Gasteiger partial charge in [0.2, 0.25) is 0 Å². The van der Waals surface area contributed by atoms with Crippen LogP contribution < -0.4 is 11.3 Å². The number of amidine groups is 1. The number of H-pyrrole nitrogens is 1. The van der Waals surface area contributed by atoms with E-state index >= 15 is 0 Å². The van der Waals surface area contributed by atoms with Gasteiger partial charge in [0.1, 0.15) is 22.8 Å². The summed E-state index contributed by atoms with van der Waals surface area (Å²) in [7, 11) is 0. The Bertz CT molecular complexity index is 956. The smallest absolute Gasteiger partial charge is 0.288 e. The summed E-state index contributed by atoms with van der Waals surface area (Å²) in [6.07, 6.45) is 3.96. The number of hydrogen-bond donors (Lipinski definition) is 2. The summed E-state index contributed by atoms with van der Waals surface area (Å²) in [4.78, 5) is 33.8. The lowest BCUT2D eigenvalue weighted by Gasteiger charge is -2.27. The van der Waals surface area contributed by atoms with Crippen LogP contribution in [-0.4, -0.2) is 21.8 Å². The normalized spacial score (nSPS) is 19.3. The molecule has 0 bridgehead atoms. The number of nitrogens with two attached hydrogens (primary N) is 1. The average Bonchev–Trinajstić information content (AvgIpc) is 2.55. The molecule has 1 aromatic heterocycles. The second-order valence-electron chi connectivity index (χ2n) is 6.17. The molecule has 3 rings (SSSR count). The van der Waals surface area contributed by atoms with E-state index in [1.54, 1.807) is 26.0 Å². The van der Waals surface area contributed by atoms with E-state index < -0.39 is 16.9 Å². The van der Waals surface area contributed by atoms with E-state index in [0.29, 0.717) is 11.3 Å². The number of allylic oxidation sites excluding steroid dienone is 1. The van der Waals surface area contributed by atoms with Crippen molar-refractivity contribution >= 4 is 11.8 Å². The van der Waals surface area contributed by atoms with Crippen molar-refractivity contribution in [2.75, 3.05) is 0 Å². The number of ketones is 1. The maximum atomic E-state index is 14.4. The van der Waals surface area contributed by atoms with E-state index in [2.05, 4.69) is 15.0 Å². The van der Waals surface area contributed by atoms with Crippen molar-refractivity contribution in [3.8, 4) is 0 Å². The molecule has 1 aromatic carbocycles. The van der Waals surface area contributed by atoms with E-state index in [0.717, 1.165) is 6.20 Å². The lowest BCUT2D eigenvalue weighted by molar-refractivity contribution is 0.0987. The highest BCUT2D eigenvalue weighted by Crippen LogP contribution is 2.33. The molecule has 3 N–H and O–H groups in total. The van der Waals surface area contributed by atoms with Crippen molar-refractivity contribution in [3.63, 3.8) is 0 Å². The van der Waals surface area contributed by atoms with Crippen LogP contribution in [0.3, 0.4) is 0 Å². The summed E-state index contributed by atoms with van der Waals surface area (Å²) < 4.78 is 19.6. The van der Waals surface area contributed by atoms with Crippen LogP contribution in [0.5, 0.6) is 0 Å². The average molecular weight is 356 g/mol. The van der Waals surface area contributed by atoms with Crippen LogP contribution >= 0.6 is 0 Å². The highest BCUT2D eigenvalue weighted by molar-refractivity contribution is 5.95. The molecule has 0 fully saturated rings. The number of ether oxygens (including phenoxy) is 1. The topological polar surface area (TPSA) is 110 Å². The first-order valence-corrected chi connectivity index (χ1v) is 7.86. The lowest BCUT2D eigenvalue weighted by Crippen LogP contribution is -2.30. The number of Topliss-reactive ketones (excluding diaryl/α,β-unsaturated/α-hetero) is 1. The van der Waals surface area contributed by atoms with E-state index in [1.165, 1.54) is 18.3 Å². The molecule has 0 saturated heterocycles. The number of rotatable bonds is 4. The van der Waals surface area contributed by atoms with Crippen LogP contribution in [0.25, 0.3) is 0 Å². The van der Waals surface area contributed by atoms with Crippen LogP contribution in [-0.2, 0) is 16.7 Å². The number of carbonyl (C=O) groups excluding carboxylic acids is 1. The third-order valence-corrected chi connectivity index (χ3v) is 3.99. The van der Waals surface area contributed by atoms with Gasteiger partial charge in [0.15, 0.2) is 5.78 Å². The molecule has 26 heavy (non-hydrogen) atoms. The van der Waals surface area contributed by atoms with Gasteiger partial charge in [0.25, 0.3) is 11.6 Å². The van der Waals surface area contributed by atoms with Crippen molar-refractivity contribution in [2.24, 2.45) is 10.7 Å². The van der Waals surface area contributed by atoms with Crippen LogP contribution in [0.1, 0.15) is 35.5 Å². The first kappa shape index (κ1) is 17.5. The first-order valence-electron chi connectivity index (χ1n) is 7.86. The number of aliphatic imine (C=N–C) groups is 1. The van der Waals surface area contributed by atoms with Crippen LogP contribution in [0.2, 0.25) is 0 Å². The minimum Gasteiger partial charge on any atom is -0.431 e. The second-order valence-corrected chi connectivity index (χ2v) is 6.17. The molecule has 0 saturated carbocycles. The van der Waals surface area contributed by atoms with Crippen molar-refractivity contribution in [3.05, 3.63) is 75.4 Å². The van der Waals surface area contributed by atoms with E-state index in [1.807, 2.05) is 0 Å². The molecule has 0 amide bonds. The van der Waals surface area contributed by atoms with Crippen molar-refractivity contribution < 1.29 is 13.9 Å². The molecule has 7 nitrogen and oxygen atoms in total. The van der Waals surface area contributed by atoms with E-state index in [9.17, 15) is 14.0 Å². The monoisotopic (exact) mass is 356 g/mol. The Hall–Kier alpha value is -3.29. The Morgan fingerprint density at radius 3 is 2.85 bits per heavy atom. The summed E-state index contributed by atoms with van der Waals surface area (Å²) in [5, 5.41) is 0. The fraction of sp³-hybridized carbons (Fsp3) is 0.222. The highest BCUT2D eigenvalue weighted by atomic mass is 19.1. The van der Waals surface area contributed by atoms with Crippen LogP contribution in [0.4, 0.5) is 4.39 Å². The molecule has 8 heteroatoms. The zero-order valence-corrected chi connectivity index (χ0v) is 14.2. The van der Waals surface area contributed by atoms with Gasteiger partial charge in [-0.1, -0.05) is 6.07 Å². The van der Waals surface area contributed by atoms with E-state index in [-0.39, 0.29) is 29.5 Å². The number of aromatic nitrogens is 2. The maximum absolute atomic E-state index is 14.4. The zero-order chi connectivity index (χ0) is 18.9. The van der Waals surface area contributed by atoms with Gasteiger partial charge in [-0.05, 0) is 37.6 Å². The number of aromatic amines is 1. The van der Waals surface area contributed by atoms with Gasteiger partial charge in [-0.2, -0.15) is 0 Å². The number of halogens is 1. The number of carbonyl (C=O) groups is 1. The Morgan fingerprint density at radius 1 is 1.42 bits per heavy atom. The summed E-state index contributed by atoms with van der Waals surface area (Å²) in [6.45, 7) is 3.41. The van der Waals surface area contributed by atoms with Crippen LogP contribution in [0.15, 0.2) is 52.2 Å². The number of nitrogens with one attached hydrogen (secondary N) is 1. The van der Waals surface area contributed by atoms with Gasteiger partial charge in [-0.25, -0.2) is 14.4 Å². The maximum Gasteiger partial charge on any atom is 0.288 e. The number of nitrogens with zero attached hydrogens (tertiary/aromatic N) is 2. The SMILES string of the molecule is CC1=C[C@@](C)(c2cc(CC(=O)c3c[nH]c(=O)cn3)ccc2F)N=C(N)O1. The molecule has 0 unspecified atom stereocenters. The molecule has 1 atom stereocenters. The standard InChI is InChI=1S/C18H17FN4O3/c1-10-7-18(2,23-17(20)26-10)12-5-11(3-4-13(12)19)6-15(24)14-8-22-16(25)9-21-14/h3-5,7-9H,6H2,1-2H3,(H2,20,23)(H,22,25)/t18-/m0/s1. The predicted molar refractivity (Wildman–Crippen MR) is 93.1 cm³/mol. The highest BCUT2D eigenvalue weighted by Gasteiger charge is 2.31. The van der Waals surface area contributed by atoms with Crippen molar-refractivity contribution in [1.82, 2.24) is 9.97 Å². The minimum absolute atomic E-state index is 0.000790.